The molecule has 1 aromatic carbocycles. The van der Waals surface area contributed by atoms with E-state index in [0.717, 1.165) is 17.9 Å². The van der Waals surface area contributed by atoms with E-state index in [2.05, 4.69) is 33.6 Å². The third-order valence-corrected chi connectivity index (χ3v) is 3.23. The lowest BCUT2D eigenvalue weighted by molar-refractivity contribution is 0.756. The number of hydrogen-bond acceptors (Lipinski definition) is 3. The zero-order chi connectivity index (χ0) is 13.2. The molecule has 19 heavy (non-hydrogen) atoms. The van der Waals surface area contributed by atoms with Crippen LogP contribution in [-0.4, -0.2) is 14.8 Å². The topological polar surface area (TPSA) is 42.7 Å². The molecule has 0 saturated carbocycles. The van der Waals surface area contributed by atoms with Crippen molar-refractivity contribution in [2.45, 2.75) is 13.5 Å². The van der Waals surface area contributed by atoms with Crippen LogP contribution in [0.3, 0.4) is 0 Å². The van der Waals surface area contributed by atoms with E-state index in [-0.39, 0.29) is 0 Å². The minimum atomic E-state index is 0.751. The quantitative estimate of drug-likeness (QED) is 0.779. The van der Waals surface area contributed by atoms with Crippen LogP contribution in [0.5, 0.6) is 0 Å². The second kappa shape index (κ2) is 4.72. The standard InChI is InChI=1S/C15H16N4/c1-11-15(10-19(2)18-11)17-9-13-8-16-7-12-5-3-4-6-14(12)13/h3-8,10,17H,9H2,1-2H3. The van der Waals surface area contributed by atoms with Gasteiger partial charge >= 0.3 is 0 Å². The van der Waals surface area contributed by atoms with Crippen molar-refractivity contribution < 1.29 is 0 Å². The first-order chi connectivity index (χ1) is 9.24. The van der Waals surface area contributed by atoms with Crippen molar-refractivity contribution in [3.63, 3.8) is 0 Å². The van der Waals surface area contributed by atoms with Gasteiger partial charge in [0, 0.05) is 37.6 Å². The summed E-state index contributed by atoms with van der Waals surface area (Å²) in [5.74, 6) is 0. The number of rotatable bonds is 3. The van der Waals surface area contributed by atoms with Gasteiger partial charge in [-0.3, -0.25) is 9.67 Å². The van der Waals surface area contributed by atoms with Crippen LogP contribution in [0, 0.1) is 6.92 Å². The summed E-state index contributed by atoms with van der Waals surface area (Å²) in [6.45, 7) is 2.75. The summed E-state index contributed by atoms with van der Waals surface area (Å²) in [6, 6.07) is 8.30. The lowest BCUT2D eigenvalue weighted by Gasteiger charge is -2.07. The van der Waals surface area contributed by atoms with Crippen molar-refractivity contribution in [3.05, 3.63) is 54.1 Å². The summed E-state index contributed by atoms with van der Waals surface area (Å²) in [6.07, 6.45) is 5.81. The van der Waals surface area contributed by atoms with Gasteiger partial charge < -0.3 is 5.32 Å². The number of anilines is 1. The van der Waals surface area contributed by atoms with E-state index in [9.17, 15) is 0 Å². The minimum Gasteiger partial charge on any atom is -0.378 e. The van der Waals surface area contributed by atoms with Gasteiger partial charge in [-0.15, -0.1) is 0 Å². The molecule has 0 atom stereocenters. The molecule has 0 saturated heterocycles. The van der Waals surface area contributed by atoms with Crippen molar-refractivity contribution in [2.75, 3.05) is 5.32 Å². The molecule has 0 aliphatic carbocycles. The zero-order valence-corrected chi connectivity index (χ0v) is 11.1. The number of nitrogens with zero attached hydrogens (tertiary/aromatic N) is 3. The van der Waals surface area contributed by atoms with Crippen LogP contribution < -0.4 is 5.32 Å². The van der Waals surface area contributed by atoms with Crippen LogP contribution >= 0.6 is 0 Å². The first kappa shape index (κ1) is 11.7. The van der Waals surface area contributed by atoms with Gasteiger partial charge in [0.2, 0.25) is 0 Å². The Morgan fingerprint density at radius 2 is 2.05 bits per heavy atom. The van der Waals surface area contributed by atoms with Crippen LogP contribution in [0.1, 0.15) is 11.3 Å². The minimum absolute atomic E-state index is 0.751. The fourth-order valence-electron chi connectivity index (χ4n) is 2.28. The Morgan fingerprint density at radius 1 is 1.21 bits per heavy atom. The molecular formula is C15H16N4. The average molecular weight is 252 g/mol. The highest BCUT2D eigenvalue weighted by molar-refractivity contribution is 5.84. The zero-order valence-electron chi connectivity index (χ0n) is 11.1. The summed E-state index contributed by atoms with van der Waals surface area (Å²) in [7, 11) is 1.93. The lowest BCUT2D eigenvalue weighted by atomic mass is 10.1. The fourth-order valence-corrected chi connectivity index (χ4v) is 2.28. The number of benzene rings is 1. The van der Waals surface area contributed by atoms with Gasteiger partial charge in [-0.2, -0.15) is 5.10 Å². The number of hydrogen-bond donors (Lipinski definition) is 1. The molecule has 3 rings (SSSR count). The molecule has 0 fully saturated rings. The van der Waals surface area contributed by atoms with Gasteiger partial charge in [-0.25, -0.2) is 0 Å². The molecule has 0 bridgehead atoms. The summed E-state index contributed by atoms with van der Waals surface area (Å²) < 4.78 is 1.82. The Kier molecular flexibility index (Phi) is 2.91. The molecular weight excluding hydrogens is 236 g/mol. The van der Waals surface area contributed by atoms with Crippen LogP contribution in [0.2, 0.25) is 0 Å². The highest BCUT2D eigenvalue weighted by Crippen LogP contribution is 2.19. The van der Waals surface area contributed by atoms with E-state index in [1.807, 2.05) is 43.3 Å². The highest BCUT2D eigenvalue weighted by Gasteiger charge is 2.04. The van der Waals surface area contributed by atoms with Crippen molar-refractivity contribution in [2.24, 2.45) is 7.05 Å². The van der Waals surface area contributed by atoms with E-state index in [1.165, 1.54) is 16.3 Å². The molecule has 2 aromatic heterocycles. The molecule has 0 radical (unpaired) electrons. The Labute approximate surface area is 112 Å². The average Bonchev–Trinajstić information content (AvgIpc) is 2.74. The molecule has 0 spiro atoms. The first-order valence-corrected chi connectivity index (χ1v) is 6.30. The molecule has 2 heterocycles. The van der Waals surface area contributed by atoms with E-state index in [4.69, 9.17) is 0 Å². The molecule has 0 aliphatic rings. The van der Waals surface area contributed by atoms with Crippen molar-refractivity contribution in [1.29, 1.82) is 0 Å². The van der Waals surface area contributed by atoms with Gasteiger partial charge in [0.25, 0.3) is 0 Å². The Morgan fingerprint density at radius 3 is 2.84 bits per heavy atom. The Hall–Kier alpha value is -2.36. The molecule has 4 nitrogen and oxygen atoms in total. The van der Waals surface area contributed by atoms with E-state index < -0.39 is 0 Å². The summed E-state index contributed by atoms with van der Waals surface area (Å²) in [5.41, 5.74) is 3.27. The molecule has 0 amide bonds. The number of nitrogens with one attached hydrogen (secondary N) is 1. The third kappa shape index (κ3) is 2.29. The van der Waals surface area contributed by atoms with Gasteiger partial charge in [-0.1, -0.05) is 24.3 Å². The highest BCUT2D eigenvalue weighted by atomic mass is 15.3. The first-order valence-electron chi connectivity index (χ1n) is 6.30. The molecule has 0 aliphatic heterocycles. The molecule has 3 aromatic rings. The maximum Gasteiger partial charge on any atom is 0.0825 e. The molecule has 0 unspecified atom stereocenters. The van der Waals surface area contributed by atoms with Crippen molar-refractivity contribution in [1.82, 2.24) is 14.8 Å². The predicted octanol–water partition coefficient (Wildman–Crippen LogP) is 2.89. The summed E-state index contributed by atoms with van der Waals surface area (Å²) >= 11 is 0. The maximum atomic E-state index is 4.32. The fraction of sp³-hybridized carbons (Fsp3) is 0.200. The van der Waals surface area contributed by atoms with Gasteiger partial charge in [0.1, 0.15) is 0 Å². The molecule has 96 valence electrons. The summed E-state index contributed by atoms with van der Waals surface area (Å²) in [4.78, 5) is 4.29. The van der Waals surface area contributed by atoms with Gasteiger partial charge in [0.15, 0.2) is 0 Å². The second-order valence-corrected chi connectivity index (χ2v) is 4.68. The third-order valence-electron chi connectivity index (χ3n) is 3.23. The van der Waals surface area contributed by atoms with Gasteiger partial charge in [-0.05, 0) is 17.9 Å². The maximum absolute atomic E-state index is 4.32. The number of aryl methyl sites for hydroxylation is 2. The molecule has 4 heteroatoms. The lowest BCUT2D eigenvalue weighted by Crippen LogP contribution is -2.01. The van der Waals surface area contributed by atoms with Crippen LogP contribution in [0.15, 0.2) is 42.9 Å². The second-order valence-electron chi connectivity index (χ2n) is 4.68. The normalized spacial score (nSPS) is 10.8. The monoisotopic (exact) mass is 252 g/mol. The smallest absolute Gasteiger partial charge is 0.0825 e. The number of pyridine rings is 1. The van der Waals surface area contributed by atoms with E-state index in [0.29, 0.717) is 0 Å². The van der Waals surface area contributed by atoms with Crippen LogP contribution in [0.4, 0.5) is 5.69 Å². The van der Waals surface area contributed by atoms with Crippen molar-refractivity contribution in [3.8, 4) is 0 Å². The number of aromatic nitrogens is 3. The SMILES string of the molecule is Cc1nn(C)cc1NCc1cncc2ccccc12. The van der Waals surface area contributed by atoms with Crippen LogP contribution in [0.25, 0.3) is 10.8 Å². The molecule has 1 N–H and O–H groups in total. The predicted molar refractivity (Wildman–Crippen MR) is 77.0 cm³/mol. The van der Waals surface area contributed by atoms with Crippen LogP contribution in [-0.2, 0) is 13.6 Å². The summed E-state index contributed by atoms with van der Waals surface area (Å²) in [5, 5.41) is 10.2. The van der Waals surface area contributed by atoms with Gasteiger partial charge in [0.05, 0.1) is 11.4 Å². The van der Waals surface area contributed by atoms with Crippen molar-refractivity contribution >= 4 is 16.5 Å². The van der Waals surface area contributed by atoms with E-state index in [1.54, 1.807) is 0 Å². The largest absolute Gasteiger partial charge is 0.378 e. The Bertz CT molecular complexity index is 710. The Balaban J connectivity index is 1.88. The van der Waals surface area contributed by atoms with E-state index >= 15 is 0 Å². The number of fused-ring (bicyclic) bond motifs is 1.